The summed E-state index contributed by atoms with van der Waals surface area (Å²) in [6.45, 7) is 1.44. The molecule has 1 atom stereocenters. The number of ether oxygens (including phenoxy) is 3. The molecule has 9 nitrogen and oxygen atoms in total. The molecule has 2 rings (SSSR count). The molecule has 0 radical (unpaired) electrons. The second kappa shape index (κ2) is 9.49. The van der Waals surface area contributed by atoms with Gasteiger partial charge in [0.05, 0.1) is 38.8 Å². The normalized spacial score (nSPS) is 11.9. The van der Waals surface area contributed by atoms with Crippen LogP contribution in [0.2, 0.25) is 0 Å². The summed E-state index contributed by atoms with van der Waals surface area (Å²) >= 11 is 0. The minimum absolute atomic E-state index is 0.158. The van der Waals surface area contributed by atoms with E-state index in [-0.39, 0.29) is 17.0 Å². The summed E-state index contributed by atoms with van der Waals surface area (Å²) in [4.78, 5) is 24.6. The van der Waals surface area contributed by atoms with Gasteiger partial charge in [-0.05, 0) is 37.3 Å². The van der Waals surface area contributed by atoms with E-state index in [0.29, 0.717) is 11.4 Å². The number of nitrogens with zero attached hydrogens (tertiary/aromatic N) is 1. The van der Waals surface area contributed by atoms with E-state index in [0.717, 1.165) is 10.6 Å². The van der Waals surface area contributed by atoms with Crippen LogP contribution >= 0.6 is 0 Å². The van der Waals surface area contributed by atoms with Crippen molar-refractivity contribution in [1.29, 1.82) is 0 Å². The third-order valence-electron chi connectivity index (χ3n) is 4.26. The number of rotatable bonds is 8. The van der Waals surface area contributed by atoms with Gasteiger partial charge >= 0.3 is 5.97 Å². The molecular formula is C20H24N2O7S. The van der Waals surface area contributed by atoms with Gasteiger partial charge < -0.3 is 19.5 Å². The molecule has 1 unspecified atom stereocenters. The summed E-state index contributed by atoms with van der Waals surface area (Å²) in [5.41, 5.74) is 0.725. The van der Waals surface area contributed by atoms with E-state index in [1.54, 1.807) is 24.3 Å². The van der Waals surface area contributed by atoms with E-state index in [4.69, 9.17) is 9.47 Å². The van der Waals surface area contributed by atoms with Crippen LogP contribution in [0.3, 0.4) is 0 Å². The SMILES string of the molecule is COC(=O)c1cccc(NC(=O)C(C)N(c2cc(OC)ccc2OC)S(C)(=O)=O)c1. The number of hydrogen-bond acceptors (Lipinski definition) is 7. The molecule has 0 saturated carbocycles. The molecule has 0 aliphatic heterocycles. The number of anilines is 2. The Morgan fingerprint density at radius 3 is 2.30 bits per heavy atom. The molecule has 162 valence electrons. The van der Waals surface area contributed by atoms with Crippen molar-refractivity contribution < 1.29 is 32.2 Å². The molecule has 0 saturated heterocycles. The fraction of sp³-hybridized carbons (Fsp3) is 0.300. The number of hydrogen-bond donors (Lipinski definition) is 1. The van der Waals surface area contributed by atoms with Gasteiger partial charge in [-0.25, -0.2) is 13.2 Å². The van der Waals surface area contributed by atoms with Gasteiger partial charge in [0.2, 0.25) is 15.9 Å². The van der Waals surface area contributed by atoms with Crippen LogP contribution < -0.4 is 19.1 Å². The van der Waals surface area contributed by atoms with Crippen molar-refractivity contribution in [3.63, 3.8) is 0 Å². The average Bonchev–Trinajstić information content (AvgIpc) is 2.72. The summed E-state index contributed by atoms with van der Waals surface area (Å²) in [5, 5.41) is 2.62. The zero-order valence-electron chi connectivity index (χ0n) is 17.3. The summed E-state index contributed by atoms with van der Waals surface area (Å²) < 4.78 is 41.2. The standard InChI is InChI=1S/C20H24N2O7S/c1-13(19(23)21-15-8-6-7-14(11-15)20(24)29-4)22(30(5,25)26)17-12-16(27-2)9-10-18(17)28-3/h6-13H,1-5H3,(H,21,23). The Bertz CT molecular complexity index is 1040. The van der Waals surface area contributed by atoms with Crippen LogP contribution in [0, 0.1) is 0 Å². The number of sulfonamides is 1. The number of esters is 1. The molecule has 30 heavy (non-hydrogen) atoms. The predicted octanol–water partition coefficient (Wildman–Crippen LogP) is 2.28. The lowest BCUT2D eigenvalue weighted by atomic mass is 10.2. The van der Waals surface area contributed by atoms with Crippen molar-refractivity contribution in [1.82, 2.24) is 0 Å². The highest BCUT2D eigenvalue weighted by Crippen LogP contribution is 2.35. The molecule has 10 heteroatoms. The van der Waals surface area contributed by atoms with Crippen molar-refractivity contribution in [3.05, 3.63) is 48.0 Å². The Morgan fingerprint density at radius 1 is 1.03 bits per heavy atom. The molecule has 2 aromatic rings. The number of carbonyl (C=O) groups excluding carboxylic acids is 2. The van der Waals surface area contributed by atoms with E-state index in [2.05, 4.69) is 10.1 Å². The molecule has 2 aromatic carbocycles. The quantitative estimate of drug-likeness (QED) is 0.632. The fourth-order valence-electron chi connectivity index (χ4n) is 2.84. The van der Waals surface area contributed by atoms with Crippen LogP contribution in [0.4, 0.5) is 11.4 Å². The summed E-state index contributed by atoms with van der Waals surface area (Å²) in [7, 11) is 0.219. The van der Waals surface area contributed by atoms with E-state index in [1.807, 2.05) is 0 Å². The highest BCUT2D eigenvalue weighted by molar-refractivity contribution is 7.92. The Labute approximate surface area is 175 Å². The average molecular weight is 436 g/mol. The Balaban J connectivity index is 2.40. The van der Waals surface area contributed by atoms with Crippen LogP contribution in [-0.2, 0) is 19.6 Å². The third-order valence-corrected chi connectivity index (χ3v) is 5.49. The van der Waals surface area contributed by atoms with Gasteiger partial charge in [0.25, 0.3) is 0 Å². The Hall–Kier alpha value is -3.27. The number of methoxy groups -OCH3 is 3. The monoisotopic (exact) mass is 436 g/mol. The molecule has 0 aliphatic rings. The molecule has 0 heterocycles. The first-order chi connectivity index (χ1) is 14.1. The van der Waals surface area contributed by atoms with Gasteiger partial charge in [0.15, 0.2) is 0 Å². The van der Waals surface area contributed by atoms with E-state index >= 15 is 0 Å². The van der Waals surface area contributed by atoms with Crippen molar-refractivity contribution in [2.75, 3.05) is 37.2 Å². The maximum atomic E-state index is 12.9. The summed E-state index contributed by atoms with van der Waals surface area (Å²) in [5.74, 6) is -0.503. The molecule has 1 amide bonds. The van der Waals surface area contributed by atoms with E-state index < -0.39 is 27.9 Å². The van der Waals surface area contributed by atoms with Gasteiger partial charge in [-0.15, -0.1) is 0 Å². The maximum absolute atomic E-state index is 12.9. The van der Waals surface area contributed by atoms with Gasteiger partial charge in [-0.2, -0.15) is 0 Å². The van der Waals surface area contributed by atoms with Crippen molar-refractivity contribution in [2.24, 2.45) is 0 Å². The predicted molar refractivity (Wildman–Crippen MR) is 113 cm³/mol. The molecule has 0 bridgehead atoms. The van der Waals surface area contributed by atoms with Gasteiger partial charge in [0, 0.05) is 11.8 Å². The molecule has 0 fully saturated rings. The smallest absolute Gasteiger partial charge is 0.337 e. The Morgan fingerprint density at radius 2 is 1.73 bits per heavy atom. The first-order valence-electron chi connectivity index (χ1n) is 8.83. The number of benzene rings is 2. The minimum atomic E-state index is -3.87. The molecule has 0 spiro atoms. The fourth-order valence-corrected chi connectivity index (χ4v) is 4.01. The lowest BCUT2D eigenvalue weighted by molar-refractivity contribution is -0.116. The van der Waals surface area contributed by atoms with Crippen LogP contribution in [0.25, 0.3) is 0 Å². The van der Waals surface area contributed by atoms with Crippen LogP contribution in [-0.4, -0.2) is 53.9 Å². The third kappa shape index (κ3) is 5.20. The zero-order valence-corrected chi connectivity index (χ0v) is 18.1. The topological polar surface area (TPSA) is 111 Å². The molecular weight excluding hydrogens is 412 g/mol. The van der Waals surface area contributed by atoms with Crippen LogP contribution in [0.5, 0.6) is 11.5 Å². The van der Waals surface area contributed by atoms with E-state index in [9.17, 15) is 18.0 Å². The lowest BCUT2D eigenvalue weighted by Gasteiger charge is -2.29. The van der Waals surface area contributed by atoms with Crippen molar-refractivity contribution >= 4 is 33.3 Å². The summed E-state index contributed by atoms with van der Waals surface area (Å²) in [6, 6.07) is 9.63. The van der Waals surface area contributed by atoms with Gasteiger partial charge in [0.1, 0.15) is 17.5 Å². The molecule has 0 aromatic heterocycles. The van der Waals surface area contributed by atoms with Gasteiger partial charge in [-0.1, -0.05) is 6.07 Å². The minimum Gasteiger partial charge on any atom is -0.497 e. The number of carbonyl (C=O) groups is 2. The maximum Gasteiger partial charge on any atom is 0.337 e. The van der Waals surface area contributed by atoms with Crippen LogP contribution in [0.1, 0.15) is 17.3 Å². The molecule has 1 N–H and O–H groups in total. The highest BCUT2D eigenvalue weighted by Gasteiger charge is 2.31. The first kappa shape index (κ1) is 23.0. The largest absolute Gasteiger partial charge is 0.497 e. The molecule has 0 aliphatic carbocycles. The van der Waals surface area contributed by atoms with E-state index in [1.165, 1.54) is 46.5 Å². The Kier molecular flexibility index (Phi) is 7.28. The lowest BCUT2D eigenvalue weighted by Crippen LogP contribution is -2.45. The highest BCUT2D eigenvalue weighted by atomic mass is 32.2. The summed E-state index contributed by atoms with van der Waals surface area (Å²) in [6.07, 6.45) is 0.994. The number of nitrogens with one attached hydrogen (secondary N) is 1. The van der Waals surface area contributed by atoms with Gasteiger partial charge in [-0.3, -0.25) is 9.10 Å². The second-order valence-corrected chi connectivity index (χ2v) is 8.19. The zero-order chi connectivity index (χ0) is 22.5. The van der Waals surface area contributed by atoms with Crippen molar-refractivity contribution in [2.45, 2.75) is 13.0 Å². The second-order valence-electron chi connectivity index (χ2n) is 6.33. The van der Waals surface area contributed by atoms with Crippen molar-refractivity contribution in [3.8, 4) is 11.5 Å². The number of amides is 1. The van der Waals surface area contributed by atoms with Crippen LogP contribution in [0.15, 0.2) is 42.5 Å². The first-order valence-corrected chi connectivity index (χ1v) is 10.7.